The molecule has 10 heteroatoms. The number of nitrogens with zero attached hydrogens (tertiary/aromatic N) is 1. The molecule has 1 aromatic rings. The highest BCUT2D eigenvalue weighted by Crippen LogP contribution is 2.45. The Morgan fingerprint density at radius 2 is 1.79 bits per heavy atom. The van der Waals surface area contributed by atoms with Crippen molar-refractivity contribution in [2.45, 2.75) is 56.1 Å². The molecule has 0 spiro atoms. The average molecular weight is 413 g/mol. The molecule has 0 unspecified atom stereocenters. The Morgan fingerprint density at radius 1 is 1.17 bits per heavy atom. The third-order valence-electron chi connectivity index (χ3n) is 5.57. The molecular formula is C19H27NO9. The summed E-state index contributed by atoms with van der Waals surface area (Å²) in [5.74, 6) is -2.82. The molecule has 162 valence electrons. The lowest BCUT2D eigenvalue weighted by molar-refractivity contribution is -0.535. The molecule has 0 aliphatic carbocycles. The summed E-state index contributed by atoms with van der Waals surface area (Å²) in [5.41, 5.74) is -1.03. The van der Waals surface area contributed by atoms with Gasteiger partial charge < -0.3 is 33.5 Å². The summed E-state index contributed by atoms with van der Waals surface area (Å²) >= 11 is 0. The summed E-state index contributed by atoms with van der Waals surface area (Å²) in [6.07, 6.45) is -3.08. The average Bonchev–Trinajstić information content (AvgIpc) is 2.69. The molecule has 1 aromatic carbocycles. The van der Waals surface area contributed by atoms with E-state index in [1.54, 1.807) is 13.8 Å². The van der Waals surface area contributed by atoms with Crippen LogP contribution < -0.4 is 0 Å². The first-order chi connectivity index (χ1) is 13.7. The number of rotatable bonds is 7. The quantitative estimate of drug-likeness (QED) is 0.517. The van der Waals surface area contributed by atoms with Gasteiger partial charge in [0.1, 0.15) is 12.2 Å². The fraction of sp³-hybridized carbons (Fsp3) is 0.684. The van der Waals surface area contributed by atoms with Crippen molar-refractivity contribution in [2.24, 2.45) is 0 Å². The minimum atomic E-state index is -1.93. The van der Waals surface area contributed by atoms with E-state index in [9.17, 15) is 15.2 Å². The van der Waals surface area contributed by atoms with E-state index in [4.69, 9.17) is 28.4 Å². The molecule has 0 saturated carbocycles. The van der Waals surface area contributed by atoms with Gasteiger partial charge in [-0.2, -0.15) is 0 Å². The Hall–Kier alpha value is -1.66. The van der Waals surface area contributed by atoms with Gasteiger partial charge >= 0.3 is 0 Å². The zero-order chi connectivity index (χ0) is 21.3. The number of nitro groups is 1. The molecular weight excluding hydrogens is 386 g/mol. The van der Waals surface area contributed by atoms with Crippen LogP contribution in [0.25, 0.3) is 0 Å². The second-order valence-corrected chi connectivity index (χ2v) is 7.49. The SMILES string of the molecule is CO[C@@]1(C)O[C@@H]2[C@H](OCc3ccccc3)OC[C@@](O)(C[N+](=O)[O-])[C@H]2O[C@]1(C)OC. The molecule has 29 heavy (non-hydrogen) atoms. The summed E-state index contributed by atoms with van der Waals surface area (Å²) < 4.78 is 34.6. The minimum Gasteiger partial charge on any atom is -0.378 e. The van der Waals surface area contributed by atoms with Crippen LogP contribution in [0.2, 0.25) is 0 Å². The van der Waals surface area contributed by atoms with Crippen molar-refractivity contribution >= 4 is 0 Å². The van der Waals surface area contributed by atoms with E-state index >= 15 is 0 Å². The van der Waals surface area contributed by atoms with Crippen molar-refractivity contribution in [1.29, 1.82) is 0 Å². The summed E-state index contributed by atoms with van der Waals surface area (Å²) in [6.45, 7) is 2.27. The molecule has 6 atom stereocenters. The number of hydrogen-bond donors (Lipinski definition) is 1. The molecule has 10 nitrogen and oxygen atoms in total. The van der Waals surface area contributed by atoms with E-state index in [2.05, 4.69) is 0 Å². The van der Waals surface area contributed by atoms with Gasteiger partial charge in [-0.25, -0.2) is 0 Å². The van der Waals surface area contributed by atoms with E-state index in [1.807, 2.05) is 30.3 Å². The van der Waals surface area contributed by atoms with E-state index in [-0.39, 0.29) is 13.2 Å². The molecule has 0 aromatic heterocycles. The van der Waals surface area contributed by atoms with Gasteiger partial charge in [0.25, 0.3) is 0 Å². The molecule has 0 radical (unpaired) electrons. The van der Waals surface area contributed by atoms with Crippen LogP contribution in [0.5, 0.6) is 0 Å². The molecule has 1 N–H and O–H groups in total. The van der Waals surface area contributed by atoms with E-state index < -0.39 is 47.1 Å². The summed E-state index contributed by atoms with van der Waals surface area (Å²) in [5, 5.41) is 22.1. The van der Waals surface area contributed by atoms with Gasteiger partial charge in [-0.3, -0.25) is 10.1 Å². The number of ether oxygens (including phenoxy) is 6. The van der Waals surface area contributed by atoms with Crippen molar-refractivity contribution in [2.75, 3.05) is 27.4 Å². The van der Waals surface area contributed by atoms with Crippen LogP contribution >= 0.6 is 0 Å². The Bertz CT molecular complexity index is 719. The second-order valence-electron chi connectivity index (χ2n) is 7.49. The maximum Gasteiger partial charge on any atom is 0.237 e. The molecule has 2 saturated heterocycles. The summed E-state index contributed by atoms with van der Waals surface area (Å²) in [7, 11) is 2.82. The second kappa shape index (κ2) is 8.23. The lowest BCUT2D eigenvalue weighted by Gasteiger charge is -2.57. The largest absolute Gasteiger partial charge is 0.378 e. The van der Waals surface area contributed by atoms with Gasteiger partial charge in [0, 0.05) is 19.1 Å². The molecule has 2 heterocycles. The Morgan fingerprint density at radius 3 is 2.38 bits per heavy atom. The van der Waals surface area contributed by atoms with Crippen LogP contribution in [-0.2, 0) is 35.0 Å². The van der Waals surface area contributed by atoms with E-state index in [0.29, 0.717) is 0 Å². The van der Waals surface area contributed by atoms with E-state index in [0.717, 1.165) is 5.56 Å². The van der Waals surface area contributed by atoms with Crippen LogP contribution in [0.15, 0.2) is 30.3 Å². The number of hydrogen-bond acceptors (Lipinski definition) is 9. The maximum atomic E-state index is 11.2. The zero-order valence-electron chi connectivity index (χ0n) is 16.9. The van der Waals surface area contributed by atoms with Crippen LogP contribution in [0.3, 0.4) is 0 Å². The molecule has 3 rings (SSSR count). The van der Waals surface area contributed by atoms with Gasteiger partial charge in [0.2, 0.25) is 18.1 Å². The highest BCUT2D eigenvalue weighted by molar-refractivity contribution is 5.13. The van der Waals surface area contributed by atoms with Crippen LogP contribution in [0, 0.1) is 10.1 Å². The number of fused-ring (bicyclic) bond motifs is 1. The molecule has 2 fully saturated rings. The minimum absolute atomic E-state index is 0.219. The van der Waals surface area contributed by atoms with Crippen LogP contribution in [0.4, 0.5) is 0 Å². The van der Waals surface area contributed by atoms with Crippen LogP contribution in [-0.4, -0.2) is 73.1 Å². The van der Waals surface area contributed by atoms with Crippen molar-refractivity contribution < 1.29 is 38.5 Å². The van der Waals surface area contributed by atoms with Gasteiger partial charge in [-0.1, -0.05) is 30.3 Å². The van der Waals surface area contributed by atoms with Crippen LogP contribution in [0.1, 0.15) is 19.4 Å². The Kier molecular flexibility index (Phi) is 6.25. The molecule has 0 amide bonds. The van der Waals surface area contributed by atoms with Crippen molar-refractivity contribution in [3.05, 3.63) is 46.0 Å². The van der Waals surface area contributed by atoms with E-state index in [1.165, 1.54) is 14.2 Å². The predicted octanol–water partition coefficient (Wildman–Crippen LogP) is 1.08. The van der Waals surface area contributed by atoms with Gasteiger partial charge in [-0.05, 0) is 19.4 Å². The van der Waals surface area contributed by atoms with Crippen molar-refractivity contribution in [3.8, 4) is 0 Å². The third kappa shape index (κ3) is 4.15. The fourth-order valence-electron chi connectivity index (χ4n) is 3.58. The summed E-state index contributed by atoms with van der Waals surface area (Å²) in [6, 6.07) is 9.43. The fourth-order valence-corrected chi connectivity index (χ4v) is 3.58. The first-order valence-corrected chi connectivity index (χ1v) is 9.23. The van der Waals surface area contributed by atoms with Gasteiger partial charge in [-0.15, -0.1) is 0 Å². The van der Waals surface area contributed by atoms with Crippen molar-refractivity contribution in [1.82, 2.24) is 0 Å². The van der Waals surface area contributed by atoms with Gasteiger partial charge in [0.15, 0.2) is 11.9 Å². The van der Waals surface area contributed by atoms with Crippen molar-refractivity contribution in [3.63, 3.8) is 0 Å². The summed E-state index contributed by atoms with van der Waals surface area (Å²) in [4.78, 5) is 10.5. The number of aliphatic hydroxyl groups is 1. The lowest BCUT2D eigenvalue weighted by atomic mass is 9.87. The smallest absolute Gasteiger partial charge is 0.237 e. The maximum absolute atomic E-state index is 11.2. The normalized spacial score (nSPS) is 39.7. The molecule has 0 bridgehead atoms. The molecule has 2 aliphatic rings. The number of methoxy groups -OCH3 is 2. The number of benzene rings is 1. The Labute approximate surface area is 168 Å². The topological polar surface area (TPSA) is 119 Å². The first kappa shape index (κ1) is 22.0. The predicted molar refractivity (Wildman–Crippen MR) is 98.4 cm³/mol. The zero-order valence-corrected chi connectivity index (χ0v) is 16.9. The third-order valence-corrected chi connectivity index (χ3v) is 5.57. The van der Waals surface area contributed by atoms with Gasteiger partial charge in [0.05, 0.1) is 13.2 Å². The highest BCUT2D eigenvalue weighted by Gasteiger charge is 2.66. The Balaban J connectivity index is 1.88. The standard InChI is InChI=1S/C19H27NO9/c1-17(24-3)18(2,25-4)29-15-14(28-17)16(26-10-13-8-6-5-7-9-13)27-12-19(15,21)11-20(22)23/h5-9,14-16,21H,10-12H2,1-4H3/t14-,15-,16+,17-,18-,19-/m0/s1. The monoisotopic (exact) mass is 413 g/mol. The highest BCUT2D eigenvalue weighted by atomic mass is 16.8. The lowest BCUT2D eigenvalue weighted by Crippen LogP contribution is -2.75. The molecule has 2 aliphatic heterocycles. The first-order valence-electron chi connectivity index (χ1n) is 9.23.